The lowest BCUT2D eigenvalue weighted by atomic mass is 10.1. The van der Waals surface area contributed by atoms with Crippen LogP contribution in [-0.4, -0.2) is 15.3 Å². The minimum absolute atomic E-state index is 0.390. The van der Waals surface area contributed by atoms with Crippen molar-refractivity contribution in [3.63, 3.8) is 0 Å². The fraction of sp³-hybridized carbons (Fsp3) is 0.200. The lowest BCUT2D eigenvalue weighted by Crippen LogP contribution is -2.05. The number of hydrogen-bond donors (Lipinski definition) is 2. The van der Waals surface area contributed by atoms with Crippen LogP contribution in [0.3, 0.4) is 0 Å². The third-order valence-electron chi connectivity index (χ3n) is 1.98. The van der Waals surface area contributed by atoms with Gasteiger partial charge in [0, 0.05) is 12.1 Å². The number of nitrogens with one attached hydrogen (secondary N) is 1. The van der Waals surface area contributed by atoms with Crippen LogP contribution in [0, 0.1) is 6.92 Å². The molecule has 0 unspecified atom stereocenters. The lowest BCUT2D eigenvalue weighted by molar-refractivity contribution is 0.161. The second-order valence-electron chi connectivity index (χ2n) is 3.18. The molecule has 5 nitrogen and oxygen atoms in total. The summed E-state index contributed by atoms with van der Waals surface area (Å²) < 4.78 is 5.04. The van der Waals surface area contributed by atoms with Crippen molar-refractivity contribution in [3.05, 3.63) is 35.7 Å². The maximum Gasteiger partial charge on any atom is 0.257 e. The summed E-state index contributed by atoms with van der Waals surface area (Å²) in [6, 6.07) is 7.54. The molecule has 2 aromatic rings. The first-order valence-corrected chi connectivity index (χ1v) is 4.56. The normalized spacial score (nSPS) is 10.5. The van der Waals surface area contributed by atoms with Gasteiger partial charge in [-0.25, -0.2) is 5.48 Å². The molecule has 2 rings (SSSR count). The summed E-state index contributed by atoms with van der Waals surface area (Å²) in [6.07, 6.45) is 0. The van der Waals surface area contributed by atoms with Crippen LogP contribution in [-0.2, 0) is 6.54 Å². The Bertz CT molecular complexity index is 453. The van der Waals surface area contributed by atoms with Crippen molar-refractivity contribution in [1.29, 1.82) is 0 Å². The van der Waals surface area contributed by atoms with Gasteiger partial charge in [-0.15, -0.1) is 0 Å². The van der Waals surface area contributed by atoms with Gasteiger partial charge < -0.3 is 9.73 Å². The van der Waals surface area contributed by atoms with Gasteiger partial charge in [0.2, 0.25) is 0 Å². The van der Waals surface area contributed by atoms with E-state index in [-0.39, 0.29) is 0 Å². The maximum atomic E-state index is 8.58. The highest BCUT2D eigenvalue weighted by Crippen LogP contribution is 2.18. The summed E-state index contributed by atoms with van der Waals surface area (Å²) >= 11 is 0. The molecule has 0 spiro atoms. The summed E-state index contributed by atoms with van der Waals surface area (Å²) in [6.45, 7) is 2.16. The molecule has 1 aromatic heterocycles. The van der Waals surface area contributed by atoms with Gasteiger partial charge in [-0.1, -0.05) is 17.3 Å². The standard InChI is InChI=1S/C10H11N3O2/c1-7-12-10(15-13-7)9-4-2-3-8(5-9)6-11-14/h2-5,11,14H,6H2,1H3. The molecule has 0 fully saturated rings. The first-order valence-electron chi connectivity index (χ1n) is 4.56. The zero-order chi connectivity index (χ0) is 10.7. The van der Waals surface area contributed by atoms with Gasteiger partial charge in [0.1, 0.15) is 0 Å². The molecule has 0 aliphatic heterocycles. The van der Waals surface area contributed by atoms with Gasteiger partial charge in [-0.2, -0.15) is 4.98 Å². The van der Waals surface area contributed by atoms with E-state index >= 15 is 0 Å². The van der Waals surface area contributed by atoms with Crippen molar-refractivity contribution < 1.29 is 9.73 Å². The first-order chi connectivity index (χ1) is 7.29. The van der Waals surface area contributed by atoms with E-state index in [1.165, 1.54) is 0 Å². The Morgan fingerprint density at radius 3 is 3.00 bits per heavy atom. The van der Waals surface area contributed by atoms with Crippen LogP contribution < -0.4 is 5.48 Å². The Labute approximate surface area is 86.7 Å². The lowest BCUT2D eigenvalue weighted by Gasteiger charge is -2.00. The summed E-state index contributed by atoms with van der Waals surface area (Å²) in [4.78, 5) is 4.12. The number of rotatable bonds is 3. The predicted molar refractivity (Wildman–Crippen MR) is 53.1 cm³/mol. The zero-order valence-electron chi connectivity index (χ0n) is 8.27. The smallest absolute Gasteiger partial charge is 0.257 e. The topological polar surface area (TPSA) is 71.2 Å². The molecular formula is C10H11N3O2. The molecule has 2 N–H and O–H groups in total. The third-order valence-corrected chi connectivity index (χ3v) is 1.98. The first kappa shape index (κ1) is 9.82. The molecule has 0 saturated heterocycles. The summed E-state index contributed by atoms with van der Waals surface area (Å²) in [5, 5.41) is 12.3. The molecule has 0 aliphatic carbocycles. The van der Waals surface area contributed by atoms with Crippen LogP contribution in [0.4, 0.5) is 0 Å². The molecule has 0 radical (unpaired) electrons. The highest BCUT2D eigenvalue weighted by Gasteiger charge is 2.06. The van der Waals surface area contributed by atoms with Gasteiger partial charge in [-0.05, 0) is 24.6 Å². The summed E-state index contributed by atoms with van der Waals surface area (Å²) in [7, 11) is 0. The molecule has 78 valence electrons. The van der Waals surface area contributed by atoms with Crippen molar-refractivity contribution in [2.24, 2.45) is 0 Å². The van der Waals surface area contributed by atoms with E-state index in [9.17, 15) is 0 Å². The van der Waals surface area contributed by atoms with Crippen LogP contribution in [0.1, 0.15) is 11.4 Å². The Balaban J connectivity index is 2.32. The zero-order valence-corrected chi connectivity index (χ0v) is 8.27. The van der Waals surface area contributed by atoms with Crippen LogP contribution in [0.2, 0.25) is 0 Å². The molecule has 1 heterocycles. The van der Waals surface area contributed by atoms with E-state index in [4.69, 9.17) is 9.73 Å². The molecule has 1 aromatic carbocycles. The van der Waals surface area contributed by atoms with Crippen molar-refractivity contribution in [1.82, 2.24) is 15.6 Å². The van der Waals surface area contributed by atoms with Crippen molar-refractivity contribution in [3.8, 4) is 11.5 Å². The Kier molecular flexibility index (Phi) is 2.75. The number of benzene rings is 1. The van der Waals surface area contributed by atoms with Crippen molar-refractivity contribution >= 4 is 0 Å². The summed E-state index contributed by atoms with van der Waals surface area (Å²) in [5.74, 6) is 1.10. The number of hydrogen-bond acceptors (Lipinski definition) is 5. The van der Waals surface area contributed by atoms with Gasteiger partial charge in [0.15, 0.2) is 5.82 Å². The van der Waals surface area contributed by atoms with E-state index in [0.29, 0.717) is 18.3 Å². The molecule has 15 heavy (non-hydrogen) atoms. The highest BCUT2D eigenvalue weighted by atomic mass is 16.5. The van der Waals surface area contributed by atoms with Gasteiger partial charge >= 0.3 is 0 Å². The average Bonchev–Trinajstić information content (AvgIpc) is 2.66. The van der Waals surface area contributed by atoms with E-state index in [1.54, 1.807) is 6.92 Å². The van der Waals surface area contributed by atoms with Crippen LogP contribution in [0.5, 0.6) is 0 Å². The van der Waals surface area contributed by atoms with Gasteiger partial charge in [-0.3, -0.25) is 0 Å². The van der Waals surface area contributed by atoms with E-state index in [1.807, 2.05) is 24.3 Å². The molecule has 5 heteroatoms. The monoisotopic (exact) mass is 205 g/mol. The SMILES string of the molecule is Cc1noc(-c2cccc(CNO)c2)n1. The fourth-order valence-electron chi connectivity index (χ4n) is 1.32. The maximum absolute atomic E-state index is 8.58. The van der Waals surface area contributed by atoms with Gasteiger partial charge in [0.25, 0.3) is 5.89 Å². The van der Waals surface area contributed by atoms with Crippen LogP contribution >= 0.6 is 0 Å². The van der Waals surface area contributed by atoms with Crippen LogP contribution in [0.15, 0.2) is 28.8 Å². The molecule has 0 saturated carbocycles. The van der Waals surface area contributed by atoms with Crippen molar-refractivity contribution in [2.45, 2.75) is 13.5 Å². The highest BCUT2D eigenvalue weighted by molar-refractivity contribution is 5.53. The second-order valence-corrected chi connectivity index (χ2v) is 3.18. The van der Waals surface area contributed by atoms with Gasteiger partial charge in [0.05, 0.1) is 0 Å². The minimum Gasteiger partial charge on any atom is -0.334 e. The Hall–Kier alpha value is -1.72. The molecular weight excluding hydrogens is 194 g/mol. The molecule has 0 aliphatic rings. The quantitative estimate of drug-likeness (QED) is 0.743. The minimum atomic E-state index is 0.390. The number of aromatic nitrogens is 2. The number of nitrogens with zero attached hydrogens (tertiary/aromatic N) is 2. The average molecular weight is 205 g/mol. The number of hydroxylamine groups is 1. The van der Waals surface area contributed by atoms with Crippen LogP contribution in [0.25, 0.3) is 11.5 Å². The van der Waals surface area contributed by atoms with E-state index in [2.05, 4.69) is 15.6 Å². The van der Waals surface area contributed by atoms with Crippen molar-refractivity contribution in [2.75, 3.05) is 0 Å². The largest absolute Gasteiger partial charge is 0.334 e. The Morgan fingerprint density at radius 2 is 2.33 bits per heavy atom. The summed E-state index contributed by atoms with van der Waals surface area (Å²) in [5.41, 5.74) is 3.90. The Morgan fingerprint density at radius 1 is 1.47 bits per heavy atom. The third kappa shape index (κ3) is 2.20. The number of aryl methyl sites for hydroxylation is 1. The fourth-order valence-corrected chi connectivity index (χ4v) is 1.32. The molecule has 0 bridgehead atoms. The second kappa shape index (κ2) is 4.20. The predicted octanol–water partition coefficient (Wildman–Crippen LogP) is 1.52. The van der Waals surface area contributed by atoms with E-state index in [0.717, 1.165) is 11.1 Å². The molecule has 0 atom stereocenters. The van der Waals surface area contributed by atoms with E-state index < -0.39 is 0 Å². The molecule has 0 amide bonds.